The molecule has 6 heteroatoms. The Hall–Kier alpha value is -2.86. The Bertz CT molecular complexity index is 800. The average molecular weight is 370 g/mol. The van der Waals surface area contributed by atoms with E-state index in [4.69, 9.17) is 9.53 Å². The molecule has 6 nitrogen and oxygen atoms in total. The molecule has 0 aliphatic carbocycles. The third kappa shape index (κ3) is 4.28. The van der Waals surface area contributed by atoms with Crippen molar-refractivity contribution < 1.29 is 19.2 Å². The largest absolute Gasteiger partial charge is 0.497 e. The first-order valence-corrected chi connectivity index (χ1v) is 8.64. The Labute approximate surface area is 160 Å². The van der Waals surface area contributed by atoms with E-state index < -0.39 is 5.41 Å². The van der Waals surface area contributed by atoms with Gasteiger partial charge in [0.2, 0.25) is 12.3 Å². The van der Waals surface area contributed by atoms with Crippen LogP contribution < -0.4 is 15.1 Å². The topological polar surface area (TPSA) is 67.9 Å². The SMILES string of the molecule is CONC=O.COc1ccc(CN2C(=O)C(C)(C)c3c(C)cccc32)cc1. The molecule has 0 spiro atoms. The van der Waals surface area contributed by atoms with Gasteiger partial charge in [-0.25, -0.2) is 5.48 Å². The molecule has 2 aromatic rings. The van der Waals surface area contributed by atoms with Crippen LogP contribution in [-0.4, -0.2) is 26.5 Å². The normalized spacial score (nSPS) is 14.1. The summed E-state index contributed by atoms with van der Waals surface area (Å²) in [6.45, 7) is 6.68. The number of anilines is 1. The molecule has 0 unspecified atom stereocenters. The van der Waals surface area contributed by atoms with Crippen LogP contribution in [0, 0.1) is 6.92 Å². The van der Waals surface area contributed by atoms with Gasteiger partial charge in [-0.1, -0.05) is 24.3 Å². The number of hydrogen-bond donors (Lipinski definition) is 1. The van der Waals surface area contributed by atoms with Crippen molar-refractivity contribution in [3.8, 4) is 5.75 Å². The molecular formula is C21H26N2O4. The predicted molar refractivity (Wildman–Crippen MR) is 105 cm³/mol. The fraction of sp³-hybridized carbons (Fsp3) is 0.333. The molecule has 1 aliphatic heterocycles. The summed E-state index contributed by atoms with van der Waals surface area (Å²) in [4.78, 5) is 28.0. The van der Waals surface area contributed by atoms with Gasteiger partial charge in [-0.3, -0.25) is 14.4 Å². The summed E-state index contributed by atoms with van der Waals surface area (Å²) in [5.74, 6) is 0.987. The van der Waals surface area contributed by atoms with Crippen LogP contribution in [0.15, 0.2) is 42.5 Å². The molecule has 3 rings (SSSR count). The lowest BCUT2D eigenvalue weighted by atomic mass is 9.83. The van der Waals surface area contributed by atoms with Gasteiger partial charge in [0.25, 0.3) is 0 Å². The van der Waals surface area contributed by atoms with Crippen molar-refractivity contribution >= 4 is 18.0 Å². The number of ether oxygens (including phenoxy) is 1. The zero-order valence-electron chi connectivity index (χ0n) is 16.4. The number of nitrogens with one attached hydrogen (secondary N) is 1. The van der Waals surface area contributed by atoms with Gasteiger partial charge in [-0.2, -0.15) is 0 Å². The number of hydrogen-bond acceptors (Lipinski definition) is 4. The number of rotatable bonds is 5. The molecule has 0 radical (unpaired) electrons. The maximum Gasteiger partial charge on any atom is 0.237 e. The second-order valence-electron chi connectivity index (χ2n) is 6.77. The van der Waals surface area contributed by atoms with Gasteiger partial charge in [-0.15, -0.1) is 0 Å². The molecular weight excluding hydrogens is 344 g/mol. The molecule has 0 aromatic heterocycles. The molecule has 1 aliphatic rings. The molecule has 0 saturated heterocycles. The lowest BCUT2D eigenvalue weighted by molar-refractivity contribution is -0.122. The van der Waals surface area contributed by atoms with Crippen LogP contribution in [0.1, 0.15) is 30.5 Å². The quantitative estimate of drug-likeness (QED) is 0.649. The Morgan fingerprint density at radius 2 is 1.78 bits per heavy atom. The fourth-order valence-corrected chi connectivity index (χ4v) is 3.36. The van der Waals surface area contributed by atoms with E-state index in [1.54, 1.807) is 7.11 Å². The molecule has 2 amide bonds. The summed E-state index contributed by atoms with van der Waals surface area (Å²) in [5, 5.41) is 0. The van der Waals surface area contributed by atoms with E-state index in [-0.39, 0.29) is 5.91 Å². The molecule has 0 bridgehead atoms. The van der Waals surface area contributed by atoms with Crippen molar-refractivity contribution in [3.05, 3.63) is 59.2 Å². The summed E-state index contributed by atoms with van der Waals surface area (Å²) in [5.41, 5.74) is 5.92. The zero-order valence-corrected chi connectivity index (χ0v) is 16.4. The highest BCUT2D eigenvalue weighted by atomic mass is 16.6. The minimum Gasteiger partial charge on any atom is -0.497 e. The number of amides is 2. The first-order valence-electron chi connectivity index (χ1n) is 8.64. The number of carbonyl (C=O) groups is 2. The van der Waals surface area contributed by atoms with Crippen molar-refractivity contribution in [2.45, 2.75) is 32.7 Å². The molecule has 144 valence electrons. The van der Waals surface area contributed by atoms with Gasteiger partial charge in [-0.05, 0) is 55.7 Å². The van der Waals surface area contributed by atoms with Gasteiger partial charge in [0.15, 0.2) is 0 Å². The Kier molecular flexibility index (Phi) is 6.58. The van der Waals surface area contributed by atoms with Gasteiger partial charge >= 0.3 is 0 Å². The van der Waals surface area contributed by atoms with Crippen LogP contribution >= 0.6 is 0 Å². The molecule has 0 saturated carbocycles. The first kappa shape index (κ1) is 20.5. The molecule has 0 atom stereocenters. The lowest BCUT2D eigenvalue weighted by Gasteiger charge is -2.20. The maximum absolute atomic E-state index is 12.9. The van der Waals surface area contributed by atoms with Crippen LogP contribution in [0.25, 0.3) is 0 Å². The number of methoxy groups -OCH3 is 1. The molecule has 2 aromatic carbocycles. The van der Waals surface area contributed by atoms with E-state index in [0.29, 0.717) is 13.0 Å². The summed E-state index contributed by atoms with van der Waals surface area (Å²) >= 11 is 0. The van der Waals surface area contributed by atoms with Gasteiger partial charge in [0.1, 0.15) is 5.75 Å². The van der Waals surface area contributed by atoms with E-state index in [0.717, 1.165) is 22.6 Å². The predicted octanol–water partition coefficient (Wildman–Crippen LogP) is 3.12. The minimum absolute atomic E-state index is 0.160. The summed E-state index contributed by atoms with van der Waals surface area (Å²) in [7, 11) is 3.02. The van der Waals surface area contributed by atoms with Crippen molar-refractivity contribution in [1.82, 2.24) is 5.48 Å². The third-order valence-corrected chi connectivity index (χ3v) is 4.61. The maximum atomic E-state index is 12.9. The van der Waals surface area contributed by atoms with Crippen molar-refractivity contribution in [2.75, 3.05) is 19.1 Å². The van der Waals surface area contributed by atoms with E-state index in [2.05, 4.69) is 17.8 Å². The highest BCUT2D eigenvalue weighted by molar-refractivity contribution is 6.07. The van der Waals surface area contributed by atoms with Crippen LogP contribution in [0.3, 0.4) is 0 Å². The number of carbonyl (C=O) groups excluding carboxylic acids is 2. The number of fused-ring (bicyclic) bond motifs is 1. The summed E-state index contributed by atoms with van der Waals surface area (Å²) < 4.78 is 5.18. The van der Waals surface area contributed by atoms with Crippen LogP contribution in [0.2, 0.25) is 0 Å². The highest BCUT2D eigenvalue weighted by Crippen LogP contribution is 2.43. The van der Waals surface area contributed by atoms with Crippen molar-refractivity contribution in [2.24, 2.45) is 0 Å². The molecule has 1 N–H and O–H groups in total. The van der Waals surface area contributed by atoms with E-state index in [1.165, 1.54) is 12.7 Å². The number of nitrogens with zero attached hydrogens (tertiary/aromatic N) is 1. The Morgan fingerprint density at radius 3 is 2.30 bits per heavy atom. The van der Waals surface area contributed by atoms with Gasteiger partial charge in [0, 0.05) is 5.69 Å². The highest BCUT2D eigenvalue weighted by Gasteiger charge is 2.44. The number of benzene rings is 2. The monoisotopic (exact) mass is 370 g/mol. The second-order valence-corrected chi connectivity index (χ2v) is 6.77. The van der Waals surface area contributed by atoms with Crippen LogP contribution in [-0.2, 0) is 26.4 Å². The van der Waals surface area contributed by atoms with Gasteiger partial charge in [0.05, 0.1) is 26.2 Å². The molecule has 1 heterocycles. The van der Waals surface area contributed by atoms with E-state index >= 15 is 0 Å². The van der Waals surface area contributed by atoms with Crippen LogP contribution in [0.5, 0.6) is 5.75 Å². The van der Waals surface area contributed by atoms with Gasteiger partial charge < -0.3 is 9.64 Å². The standard InChI is InChI=1S/C19H21NO2.C2H5NO2/c1-13-6-5-7-16-17(13)19(2,3)18(21)20(16)12-14-8-10-15(22-4)11-9-14;1-5-3-2-4/h5-11H,12H2,1-4H3;2H,1H3,(H,3,4). The smallest absolute Gasteiger partial charge is 0.237 e. The fourth-order valence-electron chi connectivity index (χ4n) is 3.36. The van der Waals surface area contributed by atoms with Crippen LogP contribution in [0.4, 0.5) is 5.69 Å². The summed E-state index contributed by atoms with van der Waals surface area (Å²) in [6.07, 6.45) is 0.458. The first-order chi connectivity index (χ1) is 12.9. The Morgan fingerprint density at radius 1 is 1.11 bits per heavy atom. The zero-order chi connectivity index (χ0) is 20.0. The number of aryl methyl sites for hydroxylation is 1. The molecule has 27 heavy (non-hydrogen) atoms. The Balaban J connectivity index is 0.000000465. The molecule has 0 fully saturated rings. The number of hydroxylamine groups is 1. The second kappa shape index (κ2) is 8.68. The average Bonchev–Trinajstić information content (AvgIpc) is 2.85. The third-order valence-electron chi connectivity index (χ3n) is 4.61. The van der Waals surface area contributed by atoms with E-state index in [1.807, 2.05) is 60.6 Å². The van der Waals surface area contributed by atoms with Crippen molar-refractivity contribution in [3.63, 3.8) is 0 Å². The lowest BCUT2D eigenvalue weighted by Crippen LogP contribution is -2.35. The summed E-state index contributed by atoms with van der Waals surface area (Å²) in [6, 6.07) is 14.0. The van der Waals surface area contributed by atoms with E-state index in [9.17, 15) is 4.79 Å². The minimum atomic E-state index is -0.465. The van der Waals surface area contributed by atoms with Crippen molar-refractivity contribution in [1.29, 1.82) is 0 Å².